The Morgan fingerprint density at radius 3 is 2.50 bits per heavy atom. The summed E-state index contributed by atoms with van der Waals surface area (Å²) in [6.07, 6.45) is 1.36. The van der Waals surface area contributed by atoms with E-state index in [0.29, 0.717) is 24.2 Å². The molecule has 8 heteroatoms. The van der Waals surface area contributed by atoms with Crippen LogP contribution in [-0.2, 0) is 4.79 Å². The Labute approximate surface area is 153 Å². The van der Waals surface area contributed by atoms with Crippen molar-refractivity contribution >= 4 is 34.8 Å². The van der Waals surface area contributed by atoms with Crippen molar-refractivity contribution in [2.24, 2.45) is 0 Å². The molecule has 0 unspecified atom stereocenters. The molecule has 136 valence electrons. The number of benzene rings is 2. The molecule has 1 aliphatic rings. The number of carbonyl (C=O) groups excluding carboxylic acids is 2. The average molecular weight is 381 g/mol. The van der Waals surface area contributed by atoms with E-state index < -0.39 is 6.61 Å². The summed E-state index contributed by atoms with van der Waals surface area (Å²) in [4.78, 5) is 25.7. The van der Waals surface area contributed by atoms with Gasteiger partial charge in [0.05, 0.1) is 5.02 Å². The molecule has 0 aliphatic carbocycles. The molecule has 5 nitrogen and oxygen atoms in total. The molecular formula is C18H15ClF2N2O3. The average Bonchev–Trinajstić information content (AvgIpc) is 3.03. The molecule has 1 aliphatic heterocycles. The molecule has 2 amide bonds. The zero-order valence-corrected chi connectivity index (χ0v) is 14.3. The summed E-state index contributed by atoms with van der Waals surface area (Å²) in [5.74, 6) is -0.481. The monoisotopic (exact) mass is 380 g/mol. The lowest BCUT2D eigenvalue weighted by molar-refractivity contribution is -0.117. The van der Waals surface area contributed by atoms with Crippen LogP contribution in [0.15, 0.2) is 42.5 Å². The highest BCUT2D eigenvalue weighted by molar-refractivity contribution is 6.32. The van der Waals surface area contributed by atoms with E-state index in [1.165, 1.54) is 18.2 Å². The molecule has 0 saturated carbocycles. The summed E-state index contributed by atoms with van der Waals surface area (Å²) in [6.45, 7) is -2.30. The van der Waals surface area contributed by atoms with Gasteiger partial charge in [-0.25, -0.2) is 0 Å². The molecule has 2 aromatic rings. The number of amides is 2. The Kier molecular flexibility index (Phi) is 5.37. The molecule has 1 fully saturated rings. The Hall–Kier alpha value is -2.67. The van der Waals surface area contributed by atoms with Crippen molar-refractivity contribution in [1.29, 1.82) is 0 Å². The molecule has 2 aromatic carbocycles. The van der Waals surface area contributed by atoms with Crippen molar-refractivity contribution in [2.45, 2.75) is 19.5 Å². The van der Waals surface area contributed by atoms with Crippen LogP contribution in [0.5, 0.6) is 5.75 Å². The number of hydrogen-bond donors (Lipinski definition) is 1. The first-order valence-electron chi connectivity index (χ1n) is 7.90. The minimum Gasteiger partial charge on any atom is -0.433 e. The number of hydrogen-bond acceptors (Lipinski definition) is 3. The maximum absolute atomic E-state index is 12.3. The molecule has 0 bridgehead atoms. The zero-order valence-electron chi connectivity index (χ0n) is 13.5. The summed E-state index contributed by atoms with van der Waals surface area (Å²) >= 11 is 5.86. The fourth-order valence-electron chi connectivity index (χ4n) is 2.69. The second-order valence-electron chi connectivity index (χ2n) is 5.67. The van der Waals surface area contributed by atoms with Gasteiger partial charge in [-0.05, 0) is 48.9 Å². The third kappa shape index (κ3) is 4.11. The number of anilines is 2. The fraction of sp³-hybridized carbons (Fsp3) is 0.222. The van der Waals surface area contributed by atoms with E-state index >= 15 is 0 Å². The molecule has 0 spiro atoms. The maximum atomic E-state index is 12.3. The Morgan fingerprint density at radius 1 is 1.19 bits per heavy atom. The van der Waals surface area contributed by atoms with E-state index in [1.807, 2.05) is 0 Å². The number of alkyl halides is 2. The van der Waals surface area contributed by atoms with Gasteiger partial charge in [0.15, 0.2) is 0 Å². The standard InChI is InChI=1S/C18H15ClF2N2O3/c19-14-10-12(5-8-15(14)26-18(20)21)22-17(25)11-3-6-13(7-4-11)23-9-1-2-16(23)24/h3-8,10,18H,1-2,9H2,(H,22,25). The van der Waals surface area contributed by atoms with Crippen LogP contribution in [0.2, 0.25) is 5.02 Å². The summed E-state index contributed by atoms with van der Waals surface area (Å²) in [7, 11) is 0. The summed E-state index contributed by atoms with van der Waals surface area (Å²) in [6, 6.07) is 10.7. The second-order valence-corrected chi connectivity index (χ2v) is 6.08. The molecule has 0 atom stereocenters. The number of halogens is 3. The summed E-state index contributed by atoms with van der Waals surface area (Å²) in [5.41, 5.74) is 1.49. The highest BCUT2D eigenvalue weighted by Crippen LogP contribution is 2.29. The number of rotatable bonds is 5. The van der Waals surface area contributed by atoms with Crippen molar-refractivity contribution in [2.75, 3.05) is 16.8 Å². The van der Waals surface area contributed by atoms with Gasteiger partial charge in [-0.1, -0.05) is 11.6 Å². The quantitative estimate of drug-likeness (QED) is 0.840. The predicted octanol–water partition coefficient (Wildman–Crippen LogP) is 4.32. The molecule has 3 rings (SSSR count). The molecule has 26 heavy (non-hydrogen) atoms. The van der Waals surface area contributed by atoms with Gasteiger partial charge in [-0.3, -0.25) is 9.59 Å². The Bertz CT molecular complexity index is 828. The zero-order chi connectivity index (χ0) is 18.7. The van der Waals surface area contributed by atoms with Gasteiger partial charge < -0.3 is 15.0 Å². The molecular weight excluding hydrogens is 366 g/mol. The van der Waals surface area contributed by atoms with Crippen molar-refractivity contribution in [3.8, 4) is 5.75 Å². The normalized spacial score (nSPS) is 14.0. The van der Waals surface area contributed by atoms with E-state index in [0.717, 1.165) is 12.1 Å². The van der Waals surface area contributed by atoms with Gasteiger partial charge in [0.25, 0.3) is 5.91 Å². The van der Waals surface area contributed by atoms with Crippen LogP contribution >= 0.6 is 11.6 Å². The van der Waals surface area contributed by atoms with E-state index in [1.54, 1.807) is 29.2 Å². The van der Waals surface area contributed by atoms with Crippen LogP contribution in [0.1, 0.15) is 23.2 Å². The van der Waals surface area contributed by atoms with Gasteiger partial charge in [0, 0.05) is 29.9 Å². The molecule has 0 aromatic heterocycles. The summed E-state index contributed by atoms with van der Waals surface area (Å²) < 4.78 is 28.7. The van der Waals surface area contributed by atoms with Crippen LogP contribution < -0.4 is 15.0 Å². The minimum atomic E-state index is -2.98. The molecule has 1 heterocycles. The molecule has 1 N–H and O–H groups in total. The third-order valence-corrected chi connectivity index (χ3v) is 4.22. The van der Waals surface area contributed by atoms with Crippen molar-refractivity contribution in [3.05, 3.63) is 53.1 Å². The molecule has 0 radical (unpaired) electrons. The SMILES string of the molecule is O=C(Nc1ccc(OC(F)F)c(Cl)c1)c1ccc(N2CCCC2=O)cc1. The van der Waals surface area contributed by atoms with Crippen molar-refractivity contribution < 1.29 is 23.1 Å². The van der Waals surface area contributed by atoms with E-state index in [2.05, 4.69) is 10.1 Å². The first kappa shape index (κ1) is 18.1. The van der Waals surface area contributed by atoms with E-state index in [-0.39, 0.29) is 22.6 Å². The van der Waals surface area contributed by atoms with Gasteiger partial charge in [-0.2, -0.15) is 8.78 Å². The summed E-state index contributed by atoms with van der Waals surface area (Å²) in [5, 5.41) is 2.59. The first-order valence-corrected chi connectivity index (χ1v) is 8.28. The van der Waals surface area contributed by atoms with Gasteiger partial charge in [0.2, 0.25) is 5.91 Å². The topological polar surface area (TPSA) is 58.6 Å². The van der Waals surface area contributed by atoms with E-state index in [4.69, 9.17) is 11.6 Å². The van der Waals surface area contributed by atoms with Crippen molar-refractivity contribution in [1.82, 2.24) is 0 Å². The smallest absolute Gasteiger partial charge is 0.387 e. The highest BCUT2D eigenvalue weighted by atomic mass is 35.5. The van der Waals surface area contributed by atoms with Gasteiger partial charge >= 0.3 is 6.61 Å². The first-order chi connectivity index (χ1) is 12.4. The van der Waals surface area contributed by atoms with Crippen LogP contribution in [0.3, 0.4) is 0 Å². The largest absolute Gasteiger partial charge is 0.433 e. The van der Waals surface area contributed by atoms with Crippen molar-refractivity contribution in [3.63, 3.8) is 0 Å². The highest BCUT2D eigenvalue weighted by Gasteiger charge is 2.21. The third-order valence-electron chi connectivity index (χ3n) is 3.92. The lowest BCUT2D eigenvalue weighted by atomic mass is 10.1. The lowest BCUT2D eigenvalue weighted by Gasteiger charge is -2.16. The predicted molar refractivity (Wildman–Crippen MR) is 94.1 cm³/mol. The van der Waals surface area contributed by atoms with Crippen LogP contribution in [0.4, 0.5) is 20.2 Å². The maximum Gasteiger partial charge on any atom is 0.387 e. The molecule has 1 saturated heterocycles. The minimum absolute atomic E-state index is 0.0361. The number of carbonyl (C=O) groups is 2. The van der Waals surface area contributed by atoms with Crippen LogP contribution in [-0.4, -0.2) is 25.0 Å². The number of nitrogens with one attached hydrogen (secondary N) is 1. The lowest BCUT2D eigenvalue weighted by Crippen LogP contribution is -2.23. The van der Waals surface area contributed by atoms with Crippen LogP contribution in [0, 0.1) is 0 Å². The van der Waals surface area contributed by atoms with Crippen LogP contribution in [0.25, 0.3) is 0 Å². The fourth-order valence-corrected chi connectivity index (χ4v) is 2.91. The van der Waals surface area contributed by atoms with Gasteiger partial charge in [0.1, 0.15) is 5.75 Å². The van der Waals surface area contributed by atoms with Gasteiger partial charge in [-0.15, -0.1) is 0 Å². The Morgan fingerprint density at radius 2 is 1.92 bits per heavy atom. The number of nitrogens with zero attached hydrogens (tertiary/aromatic N) is 1. The number of ether oxygens (including phenoxy) is 1. The Balaban J connectivity index is 1.68. The second kappa shape index (κ2) is 7.70. The van der Waals surface area contributed by atoms with E-state index in [9.17, 15) is 18.4 Å².